The second-order valence-corrected chi connectivity index (χ2v) is 4.99. The Labute approximate surface area is 111 Å². The summed E-state index contributed by atoms with van der Waals surface area (Å²) in [5, 5.41) is 9.09. The summed E-state index contributed by atoms with van der Waals surface area (Å²) in [6.07, 6.45) is -4.34. The molecule has 0 amide bonds. The number of benzene rings is 1. The number of aliphatic hydroxyl groups excluding tert-OH is 1. The first-order chi connectivity index (χ1) is 8.89. The van der Waals surface area contributed by atoms with E-state index in [-0.39, 0.29) is 18.3 Å². The van der Waals surface area contributed by atoms with Crippen molar-refractivity contribution >= 4 is 32.4 Å². The molecule has 4 nitrogen and oxygen atoms in total. The van der Waals surface area contributed by atoms with Crippen LogP contribution < -0.4 is 10.6 Å². The van der Waals surface area contributed by atoms with Gasteiger partial charge in [0.1, 0.15) is 6.54 Å². The highest BCUT2D eigenvalue weighted by molar-refractivity contribution is 7.22. The number of anilines is 2. The van der Waals surface area contributed by atoms with Gasteiger partial charge in [-0.05, 0) is 18.2 Å². The zero-order valence-electron chi connectivity index (χ0n) is 9.81. The van der Waals surface area contributed by atoms with Gasteiger partial charge in [-0.2, -0.15) is 13.2 Å². The van der Waals surface area contributed by atoms with Gasteiger partial charge in [0.15, 0.2) is 5.13 Å². The van der Waals surface area contributed by atoms with Crippen molar-refractivity contribution in [3.05, 3.63) is 18.2 Å². The van der Waals surface area contributed by atoms with E-state index in [1.165, 1.54) is 0 Å². The normalized spacial score (nSPS) is 12.0. The van der Waals surface area contributed by atoms with Gasteiger partial charge in [-0.25, -0.2) is 4.98 Å². The minimum atomic E-state index is -4.34. The molecule has 2 aromatic rings. The molecule has 0 bridgehead atoms. The topological polar surface area (TPSA) is 62.4 Å². The highest BCUT2D eigenvalue weighted by Crippen LogP contribution is 2.31. The number of fused-ring (bicyclic) bond motifs is 1. The lowest BCUT2D eigenvalue weighted by Gasteiger charge is -2.21. The smallest absolute Gasteiger partial charge is 0.399 e. The van der Waals surface area contributed by atoms with Crippen LogP contribution in [-0.4, -0.2) is 36.0 Å². The van der Waals surface area contributed by atoms with Crippen LogP contribution in [0.1, 0.15) is 0 Å². The van der Waals surface area contributed by atoms with Gasteiger partial charge in [0.05, 0.1) is 16.8 Å². The molecule has 3 N–H and O–H groups in total. The number of nitrogens with two attached hydrogens (primary N) is 1. The van der Waals surface area contributed by atoms with Crippen LogP contribution in [0, 0.1) is 0 Å². The van der Waals surface area contributed by atoms with Gasteiger partial charge < -0.3 is 15.7 Å². The van der Waals surface area contributed by atoms with Gasteiger partial charge in [-0.15, -0.1) is 0 Å². The lowest BCUT2D eigenvalue weighted by Crippen LogP contribution is -2.36. The van der Waals surface area contributed by atoms with Crippen LogP contribution in [0.25, 0.3) is 10.2 Å². The summed E-state index contributed by atoms with van der Waals surface area (Å²) in [6, 6.07) is 4.97. The van der Waals surface area contributed by atoms with Crippen molar-refractivity contribution in [2.45, 2.75) is 6.18 Å². The number of thiazole rings is 1. The van der Waals surface area contributed by atoms with Gasteiger partial charge in [0, 0.05) is 12.2 Å². The first-order valence-corrected chi connectivity index (χ1v) is 6.29. The van der Waals surface area contributed by atoms with E-state index in [2.05, 4.69) is 4.98 Å². The van der Waals surface area contributed by atoms with Gasteiger partial charge in [0.25, 0.3) is 0 Å². The summed E-state index contributed by atoms with van der Waals surface area (Å²) >= 11 is 1.12. The molecule has 19 heavy (non-hydrogen) atoms. The predicted octanol–water partition coefficient (Wildman–Crippen LogP) is 2.24. The zero-order valence-corrected chi connectivity index (χ0v) is 10.6. The average Bonchev–Trinajstić information content (AvgIpc) is 2.69. The second-order valence-electron chi connectivity index (χ2n) is 3.98. The Morgan fingerprint density at radius 2 is 2.11 bits per heavy atom. The maximum atomic E-state index is 12.5. The van der Waals surface area contributed by atoms with Gasteiger partial charge >= 0.3 is 6.18 Å². The number of alkyl halides is 3. The molecule has 0 unspecified atom stereocenters. The van der Waals surface area contributed by atoms with Crippen LogP contribution in [0.2, 0.25) is 0 Å². The Balaban J connectivity index is 2.33. The Morgan fingerprint density at radius 1 is 1.37 bits per heavy atom. The van der Waals surface area contributed by atoms with Crippen molar-refractivity contribution < 1.29 is 18.3 Å². The van der Waals surface area contributed by atoms with Gasteiger partial charge in [0.2, 0.25) is 0 Å². The molecule has 2 rings (SSSR count). The summed E-state index contributed by atoms with van der Waals surface area (Å²) < 4.78 is 38.1. The minimum Gasteiger partial charge on any atom is -0.399 e. The summed E-state index contributed by atoms with van der Waals surface area (Å²) in [4.78, 5) is 5.15. The van der Waals surface area contributed by atoms with E-state index in [1.54, 1.807) is 18.2 Å². The first kappa shape index (κ1) is 13.9. The fourth-order valence-electron chi connectivity index (χ4n) is 1.64. The van der Waals surface area contributed by atoms with E-state index >= 15 is 0 Å². The fraction of sp³-hybridized carbons (Fsp3) is 0.364. The standard InChI is InChI=1S/C11H12F3N3OS/c12-11(13,14)6-17(3-4-18)10-16-8-2-1-7(15)5-9(8)19-10/h1-2,5,18H,3-4,6,15H2. The first-order valence-electron chi connectivity index (χ1n) is 5.47. The number of hydrogen-bond acceptors (Lipinski definition) is 5. The Hall–Kier alpha value is -1.54. The molecule has 8 heteroatoms. The van der Waals surface area contributed by atoms with Crippen molar-refractivity contribution in [1.29, 1.82) is 0 Å². The average molecular weight is 291 g/mol. The van der Waals surface area contributed by atoms with E-state index in [0.29, 0.717) is 11.2 Å². The SMILES string of the molecule is Nc1ccc2nc(N(CCO)CC(F)(F)F)sc2c1. The molecule has 0 radical (unpaired) electrons. The number of rotatable bonds is 4. The lowest BCUT2D eigenvalue weighted by atomic mass is 10.3. The van der Waals surface area contributed by atoms with Crippen molar-refractivity contribution in [1.82, 2.24) is 4.98 Å². The largest absolute Gasteiger partial charge is 0.406 e. The summed E-state index contributed by atoms with van der Waals surface area (Å²) in [5.74, 6) is 0. The summed E-state index contributed by atoms with van der Waals surface area (Å²) in [5.41, 5.74) is 6.75. The molecule has 0 spiro atoms. The molecule has 0 atom stereocenters. The highest BCUT2D eigenvalue weighted by atomic mass is 32.1. The molecule has 1 aromatic heterocycles. The maximum absolute atomic E-state index is 12.5. The minimum absolute atomic E-state index is 0.116. The molecule has 1 heterocycles. The number of hydrogen-bond donors (Lipinski definition) is 2. The van der Waals surface area contributed by atoms with Crippen molar-refractivity contribution in [3.63, 3.8) is 0 Å². The predicted molar refractivity (Wildman–Crippen MR) is 69.4 cm³/mol. The van der Waals surface area contributed by atoms with Crippen LogP contribution in [0.3, 0.4) is 0 Å². The molecule has 0 saturated carbocycles. The Kier molecular flexibility index (Phi) is 3.81. The molecule has 0 saturated heterocycles. The monoisotopic (exact) mass is 291 g/mol. The Morgan fingerprint density at radius 3 is 2.74 bits per heavy atom. The third-order valence-corrected chi connectivity index (χ3v) is 3.49. The summed E-state index contributed by atoms with van der Waals surface area (Å²) in [7, 11) is 0. The molecule has 0 aliphatic heterocycles. The third-order valence-electron chi connectivity index (χ3n) is 2.41. The van der Waals surface area contributed by atoms with Crippen molar-refractivity contribution in [2.24, 2.45) is 0 Å². The number of aliphatic hydroxyl groups is 1. The second kappa shape index (κ2) is 5.22. The third kappa shape index (κ3) is 3.48. The molecule has 0 aliphatic rings. The van der Waals surface area contributed by atoms with Crippen LogP contribution in [-0.2, 0) is 0 Å². The number of nitrogens with zero attached hydrogens (tertiary/aromatic N) is 2. The number of nitrogen functional groups attached to an aromatic ring is 1. The van der Waals surface area contributed by atoms with Crippen molar-refractivity contribution in [2.75, 3.05) is 30.3 Å². The van der Waals surface area contributed by atoms with Crippen LogP contribution in [0.4, 0.5) is 24.0 Å². The molecule has 104 valence electrons. The quantitative estimate of drug-likeness (QED) is 0.848. The molecule has 0 aliphatic carbocycles. The fourth-order valence-corrected chi connectivity index (χ4v) is 2.68. The van der Waals surface area contributed by atoms with Gasteiger partial charge in [-0.1, -0.05) is 11.3 Å². The number of halogens is 3. The molecular formula is C11H12F3N3OS. The van der Waals surface area contributed by atoms with E-state index in [0.717, 1.165) is 20.9 Å². The number of aromatic nitrogens is 1. The molecule has 0 fully saturated rings. The van der Waals surface area contributed by atoms with Crippen LogP contribution in [0.15, 0.2) is 18.2 Å². The van der Waals surface area contributed by atoms with Crippen LogP contribution in [0.5, 0.6) is 0 Å². The van der Waals surface area contributed by atoms with E-state index in [1.807, 2.05) is 0 Å². The van der Waals surface area contributed by atoms with Crippen LogP contribution >= 0.6 is 11.3 Å². The highest BCUT2D eigenvalue weighted by Gasteiger charge is 2.31. The zero-order chi connectivity index (χ0) is 14.0. The van der Waals surface area contributed by atoms with Crippen molar-refractivity contribution in [3.8, 4) is 0 Å². The maximum Gasteiger partial charge on any atom is 0.406 e. The summed E-state index contributed by atoms with van der Waals surface area (Å²) in [6.45, 7) is -1.62. The van der Waals surface area contributed by atoms with E-state index in [4.69, 9.17) is 10.8 Å². The lowest BCUT2D eigenvalue weighted by molar-refractivity contribution is -0.119. The Bertz CT molecular complexity index is 570. The van der Waals surface area contributed by atoms with E-state index in [9.17, 15) is 13.2 Å². The molecule has 1 aromatic carbocycles. The van der Waals surface area contributed by atoms with E-state index < -0.39 is 12.7 Å². The van der Waals surface area contributed by atoms with Gasteiger partial charge in [-0.3, -0.25) is 0 Å². The molecular weight excluding hydrogens is 279 g/mol.